The number of amides is 1. The molecule has 1 amide bonds. The number of aliphatic carboxylic acids is 1. The van der Waals surface area contributed by atoms with Crippen LogP contribution in [0.15, 0.2) is 28.7 Å². The van der Waals surface area contributed by atoms with E-state index in [9.17, 15) is 9.59 Å². The minimum Gasteiger partial charge on any atom is -0.481 e. The number of carboxylic acid groups (broad SMARTS) is 1. The second kappa shape index (κ2) is 6.60. The Hall–Kier alpha value is -1.36. The van der Waals surface area contributed by atoms with Crippen LogP contribution < -0.4 is 5.32 Å². The Morgan fingerprint density at radius 3 is 2.38 bits per heavy atom. The third-order valence-corrected chi connectivity index (χ3v) is 4.73. The van der Waals surface area contributed by atoms with Crippen LogP contribution in [0, 0.1) is 0 Å². The van der Waals surface area contributed by atoms with Crippen molar-refractivity contribution in [1.82, 2.24) is 5.32 Å². The van der Waals surface area contributed by atoms with Crippen LogP contribution in [0.3, 0.4) is 0 Å². The first-order chi connectivity index (χ1) is 9.92. The van der Waals surface area contributed by atoms with Gasteiger partial charge in [-0.25, -0.2) is 0 Å². The number of halogens is 1. The summed E-state index contributed by atoms with van der Waals surface area (Å²) in [5, 5.41) is 12.1. The summed E-state index contributed by atoms with van der Waals surface area (Å²) in [4.78, 5) is 23.5. The number of hydrogen-bond donors (Lipinski definition) is 2. The molecule has 1 aliphatic carbocycles. The van der Waals surface area contributed by atoms with Gasteiger partial charge in [-0.05, 0) is 37.5 Å². The zero-order valence-corrected chi connectivity index (χ0v) is 13.6. The van der Waals surface area contributed by atoms with Crippen LogP contribution in [0.4, 0.5) is 0 Å². The molecule has 1 fully saturated rings. The predicted octanol–water partition coefficient (Wildman–Crippen LogP) is 3.46. The molecule has 21 heavy (non-hydrogen) atoms. The molecular weight excluding hydrogens is 334 g/mol. The van der Waals surface area contributed by atoms with E-state index in [2.05, 4.69) is 21.2 Å². The maximum absolute atomic E-state index is 12.5. The van der Waals surface area contributed by atoms with Gasteiger partial charge >= 0.3 is 5.97 Å². The Labute approximate surface area is 133 Å². The van der Waals surface area contributed by atoms with E-state index in [1.54, 1.807) is 0 Å². The van der Waals surface area contributed by atoms with Crippen LogP contribution >= 0.6 is 15.9 Å². The van der Waals surface area contributed by atoms with Gasteiger partial charge in [-0.3, -0.25) is 9.59 Å². The molecule has 2 rings (SSSR count). The summed E-state index contributed by atoms with van der Waals surface area (Å²) in [5.41, 5.74) is 0.367. The monoisotopic (exact) mass is 353 g/mol. The maximum atomic E-state index is 12.5. The van der Waals surface area contributed by atoms with E-state index in [1.807, 2.05) is 31.2 Å². The van der Waals surface area contributed by atoms with Gasteiger partial charge in [0.1, 0.15) is 0 Å². The summed E-state index contributed by atoms with van der Waals surface area (Å²) in [6, 6.07) is 7.63. The molecular formula is C16H20BrNO3. The summed E-state index contributed by atoms with van der Waals surface area (Å²) in [6.45, 7) is 1.85. The number of carbonyl (C=O) groups is 2. The number of nitrogens with one attached hydrogen (secondary N) is 1. The van der Waals surface area contributed by atoms with Crippen molar-refractivity contribution in [3.8, 4) is 0 Å². The van der Waals surface area contributed by atoms with E-state index < -0.39 is 11.5 Å². The minimum atomic E-state index is -0.853. The molecule has 1 unspecified atom stereocenters. The van der Waals surface area contributed by atoms with Gasteiger partial charge in [-0.15, -0.1) is 0 Å². The van der Waals surface area contributed by atoms with E-state index in [0.29, 0.717) is 0 Å². The molecule has 1 atom stereocenters. The molecule has 0 radical (unpaired) electrons. The van der Waals surface area contributed by atoms with Crippen LogP contribution in [0.1, 0.15) is 50.5 Å². The first kappa shape index (κ1) is 16.0. The van der Waals surface area contributed by atoms with Gasteiger partial charge < -0.3 is 10.4 Å². The van der Waals surface area contributed by atoms with Crippen LogP contribution in [0.2, 0.25) is 0 Å². The summed E-state index contributed by atoms with van der Waals surface area (Å²) in [5.74, 6) is -1.24. The van der Waals surface area contributed by atoms with E-state index in [-0.39, 0.29) is 18.2 Å². The zero-order chi connectivity index (χ0) is 15.5. The Kier molecular flexibility index (Phi) is 5.04. The first-order valence-corrected chi connectivity index (χ1v) is 8.00. The topological polar surface area (TPSA) is 66.4 Å². The predicted molar refractivity (Wildman–Crippen MR) is 84.2 cm³/mol. The normalized spacial score (nSPS) is 18.2. The van der Waals surface area contributed by atoms with Gasteiger partial charge in [-0.2, -0.15) is 0 Å². The largest absolute Gasteiger partial charge is 0.481 e. The smallest absolute Gasteiger partial charge is 0.305 e. The fraction of sp³-hybridized carbons (Fsp3) is 0.500. The highest BCUT2D eigenvalue weighted by Gasteiger charge is 2.38. The Morgan fingerprint density at radius 1 is 1.29 bits per heavy atom. The van der Waals surface area contributed by atoms with Gasteiger partial charge in [0.2, 0.25) is 5.91 Å². The van der Waals surface area contributed by atoms with Crippen LogP contribution in [0.5, 0.6) is 0 Å². The SMILES string of the molecule is CC(C(=O)NC1(CC(=O)O)CCCC1)c1ccc(Br)cc1. The molecule has 0 spiro atoms. The molecule has 0 heterocycles. The number of carboxylic acids is 1. The number of carbonyl (C=O) groups excluding carboxylic acids is 1. The van der Waals surface area contributed by atoms with Crippen molar-refractivity contribution >= 4 is 27.8 Å². The van der Waals surface area contributed by atoms with Gasteiger partial charge in [0.25, 0.3) is 0 Å². The lowest BCUT2D eigenvalue weighted by atomic mass is 9.91. The number of benzene rings is 1. The van der Waals surface area contributed by atoms with Crippen molar-refractivity contribution in [2.75, 3.05) is 0 Å². The lowest BCUT2D eigenvalue weighted by molar-refractivity contribution is -0.139. The molecule has 114 valence electrons. The molecule has 1 aliphatic rings. The maximum Gasteiger partial charge on any atom is 0.305 e. The quantitative estimate of drug-likeness (QED) is 0.851. The Balaban J connectivity index is 2.08. The lowest BCUT2D eigenvalue weighted by Crippen LogP contribution is -2.49. The summed E-state index contributed by atoms with van der Waals surface area (Å²) in [7, 11) is 0. The highest BCUT2D eigenvalue weighted by molar-refractivity contribution is 9.10. The summed E-state index contributed by atoms with van der Waals surface area (Å²) >= 11 is 3.37. The molecule has 1 saturated carbocycles. The molecule has 4 nitrogen and oxygen atoms in total. The van der Waals surface area contributed by atoms with Gasteiger partial charge in [0.05, 0.1) is 17.9 Å². The van der Waals surface area contributed by atoms with E-state index in [0.717, 1.165) is 35.7 Å². The third kappa shape index (κ3) is 4.06. The molecule has 0 bridgehead atoms. The average molecular weight is 354 g/mol. The Bertz CT molecular complexity index is 521. The van der Waals surface area contributed by atoms with Crippen molar-refractivity contribution in [3.63, 3.8) is 0 Å². The van der Waals surface area contributed by atoms with Gasteiger partial charge in [-0.1, -0.05) is 40.9 Å². The summed E-state index contributed by atoms with van der Waals surface area (Å²) in [6.07, 6.45) is 3.45. The standard InChI is InChI=1S/C16H20BrNO3/c1-11(12-4-6-13(17)7-5-12)15(21)18-16(10-14(19)20)8-2-3-9-16/h4-7,11H,2-3,8-10H2,1H3,(H,18,21)(H,19,20). The number of rotatable bonds is 5. The van der Waals surface area contributed by atoms with Crippen molar-refractivity contribution < 1.29 is 14.7 Å². The lowest BCUT2D eigenvalue weighted by Gasteiger charge is -2.30. The van der Waals surface area contributed by atoms with Crippen LogP contribution in [0.25, 0.3) is 0 Å². The second-order valence-electron chi connectivity index (χ2n) is 5.82. The fourth-order valence-electron chi connectivity index (χ4n) is 2.96. The van der Waals surface area contributed by atoms with Gasteiger partial charge in [0.15, 0.2) is 0 Å². The van der Waals surface area contributed by atoms with E-state index >= 15 is 0 Å². The fourth-order valence-corrected chi connectivity index (χ4v) is 3.22. The first-order valence-electron chi connectivity index (χ1n) is 7.21. The molecule has 5 heteroatoms. The molecule has 0 aromatic heterocycles. The Morgan fingerprint density at radius 2 is 1.86 bits per heavy atom. The molecule has 0 aliphatic heterocycles. The second-order valence-corrected chi connectivity index (χ2v) is 6.74. The highest BCUT2D eigenvalue weighted by Crippen LogP contribution is 2.33. The van der Waals surface area contributed by atoms with Crippen molar-refractivity contribution in [2.24, 2.45) is 0 Å². The molecule has 2 N–H and O–H groups in total. The van der Waals surface area contributed by atoms with Gasteiger partial charge in [0, 0.05) is 4.47 Å². The third-order valence-electron chi connectivity index (χ3n) is 4.20. The van der Waals surface area contributed by atoms with Crippen molar-refractivity contribution in [1.29, 1.82) is 0 Å². The number of hydrogen-bond acceptors (Lipinski definition) is 2. The molecule has 1 aromatic rings. The van der Waals surface area contributed by atoms with Crippen LogP contribution in [-0.2, 0) is 9.59 Å². The average Bonchev–Trinajstić information content (AvgIpc) is 2.86. The molecule has 0 saturated heterocycles. The van der Waals surface area contributed by atoms with Crippen molar-refractivity contribution in [3.05, 3.63) is 34.3 Å². The minimum absolute atomic E-state index is 0.00575. The molecule has 1 aromatic carbocycles. The van der Waals surface area contributed by atoms with E-state index in [4.69, 9.17) is 5.11 Å². The highest BCUT2D eigenvalue weighted by atomic mass is 79.9. The zero-order valence-electron chi connectivity index (χ0n) is 12.1. The summed E-state index contributed by atoms with van der Waals surface area (Å²) < 4.78 is 0.969. The van der Waals surface area contributed by atoms with Crippen LogP contribution in [-0.4, -0.2) is 22.5 Å². The van der Waals surface area contributed by atoms with E-state index in [1.165, 1.54) is 0 Å². The van der Waals surface area contributed by atoms with Crippen molar-refractivity contribution in [2.45, 2.75) is 50.5 Å².